The Morgan fingerprint density at radius 1 is 1.75 bits per heavy atom. The Balaban J connectivity index is 3.06. The second-order valence-electron chi connectivity index (χ2n) is 1.72. The van der Waals surface area contributed by atoms with Crippen LogP contribution in [0.2, 0.25) is 0 Å². The van der Waals surface area contributed by atoms with Crippen molar-refractivity contribution in [2.45, 2.75) is 6.42 Å². The van der Waals surface area contributed by atoms with Gasteiger partial charge >= 0.3 is 0 Å². The van der Waals surface area contributed by atoms with Crippen molar-refractivity contribution >= 4 is 0 Å². The molecular weight excluding hydrogens is 102 g/mol. The van der Waals surface area contributed by atoms with E-state index in [2.05, 4.69) is 6.58 Å². The fourth-order valence-corrected chi connectivity index (χ4v) is 0.480. The molecule has 0 unspecified atom stereocenters. The van der Waals surface area contributed by atoms with Crippen molar-refractivity contribution in [3.05, 3.63) is 12.2 Å². The zero-order chi connectivity index (χ0) is 6.41. The van der Waals surface area contributed by atoms with Crippen LogP contribution in [0.25, 0.3) is 0 Å². The molecule has 0 amide bonds. The Morgan fingerprint density at radius 2 is 2.38 bits per heavy atom. The van der Waals surface area contributed by atoms with Gasteiger partial charge in [0.1, 0.15) is 0 Å². The summed E-state index contributed by atoms with van der Waals surface area (Å²) in [6, 6.07) is 0. The summed E-state index contributed by atoms with van der Waals surface area (Å²) in [5, 5.41) is 0. The van der Waals surface area contributed by atoms with Crippen molar-refractivity contribution in [2.24, 2.45) is 5.73 Å². The first-order chi connectivity index (χ1) is 3.81. The van der Waals surface area contributed by atoms with E-state index in [-0.39, 0.29) is 0 Å². The molecule has 0 aromatic rings. The molecule has 0 heterocycles. The SMILES string of the molecule is C=C(CCN)COC. The highest BCUT2D eigenvalue weighted by Gasteiger charge is 1.87. The summed E-state index contributed by atoms with van der Waals surface area (Å²) < 4.78 is 4.80. The second-order valence-corrected chi connectivity index (χ2v) is 1.72. The van der Waals surface area contributed by atoms with Gasteiger partial charge < -0.3 is 10.5 Å². The number of methoxy groups -OCH3 is 1. The first-order valence-electron chi connectivity index (χ1n) is 2.67. The Labute approximate surface area is 50.3 Å². The van der Waals surface area contributed by atoms with E-state index >= 15 is 0 Å². The average Bonchev–Trinajstić information content (AvgIpc) is 1.68. The molecule has 0 aliphatic rings. The fraction of sp³-hybridized carbons (Fsp3) is 0.667. The molecule has 8 heavy (non-hydrogen) atoms. The predicted molar refractivity (Wildman–Crippen MR) is 34.7 cm³/mol. The van der Waals surface area contributed by atoms with Crippen LogP contribution in [-0.4, -0.2) is 20.3 Å². The molecule has 0 aromatic heterocycles. The summed E-state index contributed by atoms with van der Waals surface area (Å²) >= 11 is 0. The molecule has 0 aromatic carbocycles. The lowest BCUT2D eigenvalue weighted by molar-refractivity contribution is 0.223. The highest BCUT2D eigenvalue weighted by Crippen LogP contribution is 1.93. The van der Waals surface area contributed by atoms with Gasteiger partial charge in [-0.1, -0.05) is 12.2 Å². The topological polar surface area (TPSA) is 35.2 Å². The maximum Gasteiger partial charge on any atom is 0.0670 e. The minimum atomic E-state index is 0.636. The van der Waals surface area contributed by atoms with Crippen LogP contribution in [0.1, 0.15) is 6.42 Å². The number of nitrogens with two attached hydrogens (primary N) is 1. The van der Waals surface area contributed by atoms with Crippen LogP contribution in [-0.2, 0) is 4.74 Å². The van der Waals surface area contributed by atoms with Crippen LogP contribution in [0, 0.1) is 0 Å². The van der Waals surface area contributed by atoms with Gasteiger partial charge in [0, 0.05) is 7.11 Å². The van der Waals surface area contributed by atoms with E-state index < -0.39 is 0 Å². The molecule has 2 N–H and O–H groups in total. The van der Waals surface area contributed by atoms with E-state index in [1.54, 1.807) is 7.11 Å². The molecule has 0 radical (unpaired) electrons. The molecule has 0 rings (SSSR count). The maximum atomic E-state index is 5.24. The smallest absolute Gasteiger partial charge is 0.0670 e. The van der Waals surface area contributed by atoms with Crippen molar-refractivity contribution in [1.82, 2.24) is 0 Å². The standard InChI is InChI=1S/C6H13NO/c1-6(3-4-7)5-8-2/h1,3-5,7H2,2H3. The molecule has 0 saturated carbocycles. The third-order valence-electron chi connectivity index (χ3n) is 0.846. The van der Waals surface area contributed by atoms with Gasteiger partial charge in [0.2, 0.25) is 0 Å². The lowest BCUT2D eigenvalue weighted by atomic mass is 10.2. The van der Waals surface area contributed by atoms with E-state index in [1.165, 1.54) is 0 Å². The van der Waals surface area contributed by atoms with E-state index in [0.717, 1.165) is 12.0 Å². The fourth-order valence-electron chi connectivity index (χ4n) is 0.480. The molecule has 48 valence electrons. The first-order valence-corrected chi connectivity index (χ1v) is 2.67. The summed E-state index contributed by atoms with van der Waals surface area (Å²) in [6.07, 6.45) is 0.869. The molecule has 2 nitrogen and oxygen atoms in total. The molecule has 0 atom stereocenters. The molecule has 0 aliphatic carbocycles. The lowest BCUT2D eigenvalue weighted by Crippen LogP contribution is -2.02. The molecule has 0 fully saturated rings. The van der Waals surface area contributed by atoms with Crippen LogP contribution in [0.3, 0.4) is 0 Å². The Bertz CT molecular complexity index is 62.9. The van der Waals surface area contributed by atoms with E-state index in [0.29, 0.717) is 13.2 Å². The average molecular weight is 115 g/mol. The van der Waals surface area contributed by atoms with Gasteiger partial charge in [-0.05, 0) is 13.0 Å². The normalized spacial score (nSPS) is 9.25. The van der Waals surface area contributed by atoms with Crippen LogP contribution in [0.5, 0.6) is 0 Å². The van der Waals surface area contributed by atoms with Crippen LogP contribution in [0.4, 0.5) is 0 Å². The van der Waals surface area contributed by atoms with Gasteiger partial charge in [-0.25, -0.2) is 0 Å². The molecule has 0 saturated heterocycles. The third-order valence-corrected chi connectivity index (χ3v) is 0.846. The van der Waals surface area contributed by atoms with Crippen molar-refractivity contribution < 1.29 is 4.74 Å². The first kappa shape index (κ1) is 7.66. The highest BCUT2D eigenvalue weighted by atomic mass is 16.5. The van der Waals surface area contributed by atoms with Gasteiger partial charge in [-0.15, -0.1) is 0 Å². The number of hydrogen-bond donors (Lipinski definition) is 1. The predicted octanol–water partition coefficient (Wildman–Crippen LogP) is 0.538. The van der Waals surface area contributed by atoms with Gasteiger partial charge in [-0.3, -0.25) is 0 Å². The lowest BCUT2D eigenvalue weighted by Gasteiger charge is -1.99. The summed E-state index contributed by atoms with van der Waals surface area (Å²) in [7, 11) is 1.65. The Hall–Kier alpha value is -0.340. The van der Waals surface area contributed by atoms with Gasteiger partial charge in [0.05, 0.1) is 6.61 Å². The highest BCUT2D eigenvalue weighted by molar-refractivity contribution is 4.93. The van der Waals surface area contributed by atoms with Crippen LogP contribution in [0.15, 0.2) is 12.2 Å². The van der Waals surface area contributed by atoms with E-state index in [9.17, 15) is 0 Å². The minimum absolute atomic E-state index is 0.636. The summed E-state index contributed by atoms with van der Waals surface area (Å²) in [5.74, 6) is 0. The number of ether oxygens (including phenoxy) is 1. The van der Waals surface area contributed by atoms with Crippen molar-refractivity contribution in [3.8, 4) is 0 Å². The zero-order valence-electron chi connectivity index (χ0n) is 5.31. The quantitative estimate of drug-likeness (QED) is 0.543. The van der Waals surface area contributed by atoms with Crippen molar-refractivity contribution in [2.75, 3.05) is 20.3 Å². The number of rotatable bonds is 4. The van der Waals surface area contributed by atoms with Crippen molar-refractivity contribution in [1.29, 1.82) is 0 Å². The van der Waals surface area contributed by atoms with Gasteiger partial charge in [-0.2, -0.15) is 0 Å². The second kappa shape index (κ2) is 4.81. The van der Waals surface area contributed by atoms with E-state index in [1.807, 2.05) is 0 Å². The monoisotopic (exact) mass is 115 g/mol. The Kier molecular flexibility index (Phi) is 4.61. The minimum Gasteiger partial charge on any atom is -0.380 e. The van der Waals surface area contributed by atoms with Gasteiger partial charge in [0.15, 0.2) is 0 Å². The molecule has 2 heteroatoms. The van der Waals surface area contributed by atoms with Crippen molar-refractivity contribution in [3.63, 3.8) is 0 Å². The van der Waals surface area contributed by atoms with Crippen LogP contribution >= 0.6 is 0 Å². The molecular formula is C6H13NO. The summed E-state index contributed by atoms with van der Waals surface area (Å²) in [5.41, 5.74) is 6.31. The third kappa shape index (κ3) is 3.84. The summed E-state index contributed by atoms with van der Waals surface area (Å²) in [4.78, 5) is 0. The largest absolute Gasteiger partial charge is 0.380 e. The maximum absolute atomic E-state index is 5.24. The molecule has 0 aliphatic heterocycles. The summed E-state index contributed by atoms with van der Waals surface area (Å²) in [6.45, 7) is 5.03. The molecule has 0 spiro atoms. The van der Waals surface area contributed by atoms with E-state index in [4.69, 9.17) is 10.5 Å². The van der Waals surface area contributed by atoms with Crippen LogP contribution < -0.4 is 5.73 Å². The van der Waals surface area contributed by atoms with Gasteiger partial charge in [0.25, 0.3) is 0 Å². The zero-order valence-corrected chi connectivity index (χ0v) is 5.31. The number of hydrogen-bond acceptors (Lipinski definition) is 2. The Morgan fingerprint density at radius 3 is 2.75 bits per heavy atom. The molecule has 0 bridgehead atoms.